The van der Waals surface area contributed by atoms with E-state index in [0.29, 0.717) is 30.5 Å². The number of aryl methyl sites for hydroxylation is 2. The second kappa shape index (κ2) is 7.60. The normalized spacial score (nSPS) is 20.7. The maximum Gasteiger partial charge on any atom is 0.257 e. The Morgan fingerprint density at radius 3 is 2.36 bits per heavy atom. The van der Waals surface area contributed by atoms with Crippen molar-refractivity contribution in [3.8, 4) is 0 Å². The maximum absolute atomic E-state index is 12.6. The third kappa shape index (κ3) is 4.06. The highest BCUT2D eigenvalue weighted by Gasteiger charge is 2.30. The topological polar surface area (TPSA) is 65.8 Å². The summed E-state index contributed by atoms with van der Waals surface area (Å²) in [6.07, 6.45) is 4.63. The van der Waals surface area contributed by atoms with Crippen molar-refractivity contribution in [2.45, 2.75) is 58.5 Å². The van der Waals surface area contributed by atoms with Crippen molar-refractivity contribution >= 4 is 11.8 Å². The molecule has 0 bridgehead atoms. The summed E-state index contributed by atoms with van der Waals surface area (Å²) in [5.74, 6) is 1.58. The molecule has 1 N–H and O–H groups in total. The molecule has 2 heterocycles. The Hall–Kier alpha value is -1.82. The minimum atomic E-state index is -0.143. The van der Waals surface area contributed by atoms with Crippen molar-refractivity contribution in [2.24, 2.45) is 0 Å². The van der Waals surface area contributed by atoms with Crippen LogP contribution in [0.15, 0.2) is 10.5 Å². The van der Waals surface area contributed by atoms with Crippen molar-refractivity contribution in [1.29, 1.82) is 0 Å². The lowest BCUT2D eigenvalue weighted by Crippen LogP contribution is -2.55. The lowest BCUT2D eigenvalue weighted by molar-refractivity contribution is -0.127. The Kier molecular flexibility index (Phi) is 5.47. The van der Waals surface area contributed by atoms with E-state index in [-0.39, 0.29) is 17.9 Å². The fraction of sp³-hybridized carbons (Fsp3) is 0.684. The van der Waals surface area contributed by atoms with Gasteiger partial charge in [0.2, 0.25) is 5.91 Å². The van der Waals surface area contributed by atoms with E-state index in [0.717, 1.165) is 31.7 Å². The first-order valence-electron chi connectivity index (χ1n) is 9.36. The summed E-state index contributed by atoms with van der Waals surface area (Å²) in [5.41, 5.74) is 0.651. The SMILES string of the molecule is Cc1cc(C(=O)N2CCN([C@@H](C)C(=O)NC3CCCC3)CC2)c(C)o1. The van der Waals surface area contributed by atoms with Crippen LogP contribution in [0.3, 0.4) is 0 Å². The molecule has 0 unspecified atom stereocenters. The van der Waals surface area contributed by atoms with Gasteiger partial charge in [-0.25, -0.2) is 0 Å². The molecule has 1 aliphatic heterocycles. The molecule has 1 aromatic heterocycles. The van der Waals surface area contributed by atoms with Gasteiger partial charge < -0.3 is 14.6 Å². The van der Waals surface area contributed by atoms with Gasteiger partial charge in [-0.2, -0.15) is 0 Å². The minimum Gasteiger partial charge on any atom is -0.466 e. The molecule has 2 aliphatic rings. The molecular formula is C19H29N3O3. The van der Waals surface area contributed by atoms with Gasteiger partial charge in [-0.15, -0.1) is 0 Å². The van der Waals surface area contributed by atoms with E-state index in [4.69, 9.17) is 4.42 Å². The van der Waals surface area contributed by atoms with Crippen molar-refractivity contribution < 1.29 is 14.0 Å². The van der Waals surface area contributed by atoms with Crippen molar-refractivity contribution in [2.75, 3.05) is 26.2 Å². The van der Waals surface area contributed by atoms with E-state index in [2.05, 4.69) is 10.2 Å². The van der Waals surface area contributed by atoms with E-state index in [1.54, 1.807) is 0 Å². The average Bonchev–Trinajstić information content (AvgIpc) is 3.22. The van der Waals surface area contributed by atoms with Crippen LogP contribution in [0.4, 0.5) is 0 Å². The molecule has 25 heavy (non-hydrogen) atoms. The average molecular weight is 347 g/mol. The number of carbonyl (C=O) groups is 2. The first kappa shape index (κ1) is 18.0. The zero-order chi connectivity index (χ0) is 18.0. The van der Waals surface area contributed by atoms with Gasteiger partial charge in [-0.3, -0.25) is 14.5 Å². The molecule has 6 nitrogen and oxygen atoms in total. The highest BCUT2D eigenvalue weighted by molar-refractivity contribution is 5.95. The molecule has 0 aromatic carbocycles. The zero-order valence-electron chi connectivity index (χ0n) is 15.5. The number of hydrogen-bond acceptors (Lipinski definition) is 4. The Morgan fingerprint density at radius 1 is 1.16 bits per heavy atom. The van der Waals surface area contributed by atoms with Crippen LogP contribution in [0, 0.1) is 13.8 Å². The Morgan fingerprint density at radius 2 is 1.80 bits per heavy atom. The largest absolute Gasteiger partial charge is 0.466 e. The van der Waals surface area contributed by atoms with Gasteiger partial charge in [-0.1, -0.05) is 12.8 Å². The number of piperazine rings is 1. The van der Waals surface area contributed by atoms with E-state index < -0.39 is 0 Å². The predicted molar refractivity (Wildman–Crippen MR) is 95.5 cm³/mol. The second-order valence-corrected chi connectivity index (χ2v) is 7.32. The molecule has 2 fully saturated rings. The van der Waals surface area contributed by atoms with Crippen molar-refractivity contribution in [3.63, 3.8) is 0 Å². The van der Waals surface area contributed by atoms with E-state index in [1.165, 1.54) is 12.8 Å². The first-order chi connectivity index (χ1) is 12.0. The van der Waals surface area contributed by atoms with E-state index >= 15 is 0 Å². The van der Waals surface area contributed by atoms with Crippen LogP contribution in [0.1, 0.15) is 54.5 Å². The Balaban J connectivity index is 1.51. The fourth-order valence-corrected chi connectivity index (χ4v) is 3.88. The molecule has 1 aliphatic carbocycles. The summed E-state index contributed by atoms with van der Waals surface area (Å²) >= 11 is 0. The predicted octanol–water partition coefficient (Wildman–Crippen LogP) is 2.10. The quantitative estimate of drug-likeness (QED) is 0.906. The number of carbonyl (C=O) groups excluding carboxylic acids is 2. The van der Waals surface area contributed by atoms with Gasteiger partial charge in [0, 0.05) is 32.2 Å². The number of amides is 2. The van der Waals surface area contributed by atoms with Crippen LogP contribution in [0.5, 0.6) is 0 Å². The highest BCUT2D eigenvalue weighted by Crippen LogP contribution is 2.19. The number of hydrogen-bond donors (Lipinski definition) is 1. The second-order valence-electron chi connectivity index (χ2n) is 7.32. The summed E-state index contributed by atoms with van der Waals surface area (Å²) in [4.78, 5) is 29.1. The lowest BCUT2D eigenvalue weighted by atomic mass is 10.1. The van der Waals surface area contributed by atoms with Crippen LogP contribution in [-0.2, 0) is 4.79 Å². The van der Waals surface area contributed by atoms with Gasteiger partial charge in [0.1, 0.15) is 11.5 Å². The summed E-state index contributed by atoms with van der Waals surface area (Å²) in [6.45, 7) is 8.37. The number of nitrogens with zero attached hydrogens (tertiary/aromatic N) is 2. The highest BCUT2D eigenvalue weighted by atomic mass is 16.3. The molecule has 0 spiro atoms. The molecule has 0 radical (unpaired) electrons. The summed E-state index contributed by atoms with van der Waals surface area (Å²) in [5, 5.41) is 3.17. The molecule has 6 heteroatoms. The minimum absolute atomic E-state index is 0.0251. The maximum atomic E-state index is 12.6. The zero-order valence-corrected chi connectivity index (χ0v) is 15.5. The van der Waals surface area contributed by atoms with Crippen LogP contribution in [-0.4, -0.2) is 59.9 Å². The summed E-state index contributed by atoms with van der Waals surface area (Å²) in [6, 6.07) is 2.02. The molecule has 1 saturated heterocycles. The number of nitrogens with one attached hydrogen (secondary N) is 1. The molecule has 138 valence electrons. The first-order valence-corrected chi connectivity index (χ1v) is 9.36. The molecule has 2 amide bonds. The summed E-state index contributed by atoms with van der Waals surface area (Å²) in [7, 11) is 0. The molecule has 1 atom stereocenters. The Bertz CT molecular complexity index is 626. The Labute approximate surface area is 149 Å². The fourth-order valence-electron chi connectivity index (χ4n) is 3.88. The van der Waals surface area contributed by atoms with Crippen LogP contribution >= 0.6 is 0 Å². The monoisotopic (exact) mass is 347 g/mol. The molecule has 1 saturated carbocycles. The van der Waals surface area contributed by atoms with Crippen LogP contribution < -0.4 is 5.32 Å². The van der Waals surface area contributed by atoms with Crippen molar-refractivity contribution in [3.05, 3.63) is 23.2 Å². The smallest absolute Gasteiger partial charge is 0.257 e. The lowest BCUT2D eigenvalue weighted by Gasteiger charge is -2.37. The van der Waals surface area contributed by atoms with Crippen molar-refractivity contribution in [1.82, 2.24) is 15.1 Å². The third-order valence-electron chi connectivity index (χ3n) is 5.50. The van der Waals surface area contributed by atoms with E-state index in [1.807, 2.05) is 31.7 Å². The van der Waals surface area contributed by atoms with Gasteiger partial charge in [-0.05, 0) is 39.7 Å². The van der Waals surface area contributed by atoms with Gasteiger partial charge in [0.05, 0.1) is 11.6 Å². The molecule has 3 rings (SSSR count). The van der Waals surface area contributed by atoms with Crippen LogP contribution in [0.25, 0.3) is 0 Å². The third-order valence-corrected chi connectivity index (χ3v) is 5.50. The molecule has 1 aromatic rings. The van der Waals surface area contributed by atoms with Gasteiger partial charge >= 0.3 is 0 Å². The standard InChI is InChI=1S/C19H29N3O3/c1-13-12-17(15(3)25-13)19(24)22-10-8-21(9-11-22)14(2)18(23)20-16-6-4-5-7-16/h12,14,16H,4-11H2,1-3H3,(H,20,23)/t14-/m0/s1. The van der Waals surface area contributed by atoms with Gasteiger partial charge in [0.15, 0.2) is 0 Å². The number of rotatable bonds is 4. The van der Waals surface area contributed by atoms with Crippen LogP contribution in [0.2, 0.25) is 0 Å². The number of furan rings is 1. The van der Waals surface area contributed by atoms with E-state index in [9.17, 15) is 9.59 Å². The summed E-state index contributed by atoms with van der Waals surface area (Å²) < 4.78 is 5.47. The van der Waals surface area contributed by atoms with Gasteiger partial charge in [0.25, 0.3) is 5.91 Å². The molecular weight excluding hydrogens is 318 g/mol.